The maximum Gasteiger partial charge on any atom is 0.223 e. The molecule has 0 unspecified atom stereocenters. The van der Waals surface area contributed by atoms with E-state index in [1.807, 2.05) is 12.1 Å². The van der Waals surface area contributed by atoms with Crippen LogP contribution in [0.1, 0.15) is 45.4 Å². The molecule has 1 aliphatic carbocycles. The first-order chi connectivity index (χ1) is 13.1. The van der Waals surface area contributed by atoms with E-state index in [9.17, 15) is 9.18 Å². The SMILES string of the molecule is CCCO[C@H]1C[C@@H](C(=O)NC2CCN(c3ccc(F)cc3)CC2)CC[C@@H]1N. The van der Waals surface area contributed by atoms with E-state index in [0.29, 0.717) is 6.61 Å². The van der Waals surface area contributed by atoms with Crippen LogP contribution in [0.15, 0.2) is 24.3 Å². The van der Waals surface area contributed by atoms with E-state index >= 15 is 0 Å². The number of nitrogens with two attached hydrogens (primary N) is 1. The highest BCUT2D eigenvalue weighted by molar-refractivity contribution is 5.79. The molecule has 0 spiro atoms. The van der Waals surface area contributed by atoms with Gasteiger partial charge in [0.15, 0.2) is 0 Å². The molecule has 1 heterocycles. The Morgan fingerprint density at radius 2 is 1.93 bits per heavy atom. The summed E-state index contributed by atoms with van der Waals surface area (Å²) >= 11 is 0. The molecule has 0 radical (unpaired) electrons. The molecule has 1 aromatic rings. The van der Waals surface area contributed by atoms with Crippen molar-refractivity contribution in [2.24, 2.45) is 11.7 Å². The van der Waals surface area contributed by atoms with Crippen molar-refractivity contribution in [3.8, 4) is 0 Å². The van der Waals surface area contributed by atoms with E-state index in [1.165, 1.54) is 12.1 Å². The van der Waals surface area contributed by atoms with Crippen LogP contribution in [0.5, 0.6) is 0 Å². The number of carbonyl (C=O) groups is 1. The van der Waals surface area contributed by atoms with Gasteiger partial charge in [0, 0.05) is 43.4 Å². The average molecular weight is 378 g/mol. The van der Waals surface area contributed by atoms with Crippen LogP contribution in [0.3, 0.4) is 0 Å². The predicted octanol–water partition coefficient (Wildman–Crippen LogP) is 2.83. The van der Waals surface area contributed by atoms with Crippen molar-refractivity contribution in [1.29, 1.82) is 0 Å². The Morgan fingerprint density at radius 1 is 1.22 bits per heavy atom. The molecular formula is C21H32FN3O2. The molecular weight excluding hydrogens is 345 g/mol. The third kappa shape index (κ3) is 5.42. The monoisotopic (exact) mass is 377 g/mol. The summed E-state index contributed by atoms with van der Waals surface area (Å²) in [5.74, 6) is -0.0664. The van der Waals surface area contributed by atoms with Crippen LogP contribution in [0.2, 0.25) is 0 Å². The van der Waals surface area contributed by atoms with Gasteiger partial charge < -0.3 is 20.7 Å². The number of benzene rings is 1. The fraction of sp³-hybridized carbons (Fsp3) is 0.667. The highest BCUT2D eigenvalue weighted by atomic mass is 19.1. The Kier molecular flexibility index (Phi) is 7.07. The summed E-state index contributed by atoms with van der Waals surface area (Å²) in [5, 5.41) is 3.24. The maximum absolute atomic E-state index is 13.1. The van der Waals surface area contributed by atoms with Gasteiger partial charge in [-0.15, -0.1) is 0 Å². The average Bonchev–Trinajstić information content (AvgIpc) is 2.68. The number of hydrogen-bond donors (Lipinski definition) is 2. The molecule has 3 N–H and O–H groups in total. The predicted molar refractivity (Wildman–Crippen MR) is 105 cm³/mol. The molecule has 3 atom stereocenters. The van der Waals surface area contributed by atoms with Crippen molar-refractivity contribution in [2.45, 2.75) is 63.6 Å². The topological polar surface area (TPSA) is 67.6 Å². The zero-order chi connectivity index (χ0) is 19.2. The number of piperidine rings is 1. The Labute approximate surface area is 161 Å². The fourth-order valence-corrected chi connectivity index (χ4v) is 4.10. The molecule has 1 aliphatic heterocycles. The Balaban J connectivity index is 1.45. The highest BCUT2D eigenvalue weighted by Crippen LogP contribution is 2.27. The zero-order valence-electron chi connectivity index (χ0n) is 16.2. The standard InChI is InChI=1S/C21H32FN3O2/c1-2-13-27-20-14-15(3-8-19(20)23)21(26)24-17-9-11-25(12-10-17)18-6-4-16(22)5-7-18/h4-7,15,17,19-20H,2-3,8-14,23H2,1H3,(H,24,26)/t15-,19-,20-/m0/s1. The number of carbonyl (C=O) groups excluding carboxylic acids is 1. The van der Waals surface area contributed by atoms with E-state index in [-0.39, 0.29) is 35.8 Å². The molecule has 150 valence electrons. The highest BCUT2D eigenvalue weighted by Gasteiger charge is 2.33. The van der Waals surface area contributed by atoms with Crippen LogP contribution < -0.4 is 16.0 Å². The van der Waals surface area contributed by atoms with Gasteiger partial charge in [0.25, 0.3) is 0 Å². The molecule has 5 nitrogen and oxygen atoms in total. The minimum absolute atomic E-state index is 0.00165. The molecule has 0 bridgehead atoms. The van der Waals surface area contributed by atoms with Crippen LogP contribution in [0, 0.1) is 11.7 Å². The van der Waals surface area contributed by atoms with Crippen LogP contribution >= 0.6 is 0 Å². The van der Waals surface area contributed by atoms with Crippen molar-refractivity contribution in [3.63, 3.8) is 0 Å². The lowest BCUT2D eigenvalue weighted by atomic mass is 9.83. The maximum atomic E-state index is 13.1. The van der Waals surface area contributed by atoms with Gasteiger partial charge >= 0.3 is 0 Å². The number of hydrogen-bond acceptors (Lipinski definition) is 4. The first-order valence-corrected chi connectivity index (χ1v) is 10.2. The minimum Gasteiger partial charge on any atom is -0.377 e. The minimum atomic E-state index is -0.214. The Hall–Kier alpha value is -1.66. The van der Waals surface area contributed by atoms with Gasteiger partial charge in [-0.3, -0.25) is 4.79 Å². The first kappa shape index (κ1) is 20.1. The van der Waals surface area contributed by atoms with Gasteiger partial charge in [0.05, 0.1) is 6.10 Å². The van der Waals surface area contributed by atoms with E-state index in [1.54, 1.807) is 0 Å². The van der Waals surface area contributed by atoms with Gasteiger partial charge in [-0.25, -0.2) is 4.39 Å². The summed E-state index contributed by atoms with van der Waals surface area (Å²) in [6.45, 7) is 4.52. The number of rotatable bonds is 6. The smallest absolute Gasteiger partial charge is 0.223 e. The molecule has 2 fully saturated rings. The second-order valence-electron chi connectivity index (χ2n) is 7.83. The van der Waals surface area contributed by atoms with Crippen molar-refractivity contribution in [2.75, 3.05) is 24.6 Å². The molecule has 27 heavy (non-hydrogen) atoms. The molecule has 2 aliphatic rings. The van der Waals surface area contributed by atoms with Gasteiger partial charge in [-0.2, -0.15) is 0 Å². The van der Waals surface area contributed by atoms with Crippen molar-refractivity contribution in [3.05, 3.63) is 30.1 Å². The van der Waals surface area contributed by atoms with Crippen LogP contribution in [0.25, 0.3) is 0 Å². The summed E-state index contributed by atoms with van der Waals surface area (Å²) in [5.41, 5.74) is 7.20. The molecule has 1 aromatic carbocycles. The van der Waals surface area contributed by atoms with E-state index in [4.69, 9.17) is 10.5 Å². The molecule has 1 saturated heterocycles. The van der Waals surface area contributed by atoms with Gasteiger partial charge in [0.2, 0.25) is 5.91 Å². The van der Waals surface area contributed by atoms with Crippen LogP contribution in [0.4, 0.5) is 10.1 Å². The number of nitrogens with zero attached hydrogens (tertiary/aromatic N) is 1. The lowest BCUT2D eigenvalue weighted by molar-refractivity contribution is -0.129. The van der Waals surface area contributed by atoms with E-state index in [2.05, 4.69) is 17.1 Å². The van der Waals surface area contributed by atoms with Crippen molar-refractivity contribution in [1.82, 2.24) is 5.32 Å². The lowest BCUT2D eigenvalue weighted by Gasteiger charge is -2.36. The van der Waals surface area contributed by atoms with Crippen molar-refractivity contribution < 1.29 is 13.9 Å². The first-order valence-electron chi connectivity index (χ1n) is 10.2. The Bertz CT molecular complexity index is 602. The molecule has 6 heteroatoms. The second kappa shape index (κ2) is 9.51. The third-order valence-electron chi connectivity index (χ3n) is 5.78. The van der Waals surface area contributed by atoms with Gasteiger partial charge in [-0.05, 0) is 62.8 Å². The second-order valence-corrected chi connectivity index (χ2v) is 7.83. The summed E-state index contributed by atoms with van der Waals surface area (Å²) < 4.78 is 18.9. The molecule has 0 aromatic heterocycles. The number of amides is 1. The van der Waals surface area contributed by atoms with Gasteiger partial charge in [0.1, 0.15) is 5.82 Å². The number of nitrogens with one attached hydrogen (secondary N) is 1. The third-order valence-corrected chi connectivity index (χ3v) is 5.78. The van der Waals surface area contributed by atoms with Crippen LogP contribution in [-0.2, 0) is 9.53 Å². The normalized spacial score (nSPS) is 26.8. The van der Waals surface area contributed by atoms with Crippen LogP contribution in [-0.4, -0.2) is 43.8 Å². The quantitative estimate of drug-likeness (QED) is 0.800. The van der Waals surface area contributed by atoms with Gasteiger partial charge in [-0.1, -0.05) is 6.92 Å². The summed E-state index contributed by atoms with van der Waals surface area (Å²) in [4.78, 5) is 15.0. The lowest BCUT2D eigenvalue weighted by Crippen LogP contribution is -2.49. The summed E-state index contributed by atoms with van der Waals surface area (Å²) in [6.07, 6.45) is 5.18. The Morgan fingerprint density at radius 3 is 2.59 bits per heavy atom. The molecule has 1 saturated carbocycles. The fourth-order valence-electron chi connectivity index (χ4n) is 4.10. The molecule has 1 amide bonds. The summed E-state index contributed by atoms with van der Waals surface area (Å²) in [7, 11) is 0. The molecule has 3 rings (SSSR count). The zero-order valence-corrected chi connectivity index (χ0v) is 16.2. The van der Waals surface area contributed by atoms with E-state index in [0.717, 1.165) is 57.3 Å². The summed E-state index contributed by atoms with van der Waals surface area (Å²) in [6, 6.07) is 6.87. The number of anilines is 1. The van der Waals surface area contributed by atoms with Crippen molar-refractivity contribution >= 4 is 11.6 Å². The number of halogens is 1. The number of ether oxygens (including phenoxy) is 1. The largest absolute Gasteiger partial charge is 0.377 e. The van der Waals surface area contributed by atoms with E-state index < -0.39 is 0 Å².